The standard InChI is InChI=1S/C13H8N4O4/c18-13(19)8-5-12(14-6-11(8)17(20)21)16-7-15-9-3-1-2-4-10(9)16/h1-7H,(H,18,19). The lowest BCUT2D eigenvalue weighted by molar-refractivity contribution is -0.385. The molecule has 2 heterocycles. The van der Waals surface area contributed by atoms with E-state index in [4.69, 9.17) is 5.11 Å². The number of carboxylic acids is 1. The molecule has 0 aliphatic rings. The zero-order valence-electron chi connectivity index (χ0n) is 10.5. The molecule has 0 unspecified atom stereocenters. The third-order valence-corrected chi connectivity index (χ3v) is 3.00. The SMILES string of the molecule is O=C(O)c1cc(-n2cnc3ccccc32)ncc1[N+](=O)[O-]. The van der Waals surface area contributed by atoms with Crippen molar-refractivity contribution in [2.75, 3.05) is 0 Å². The fourth-order valence-corrected chi connectivity index (χ4v) is 2.03. The number of nitrogens with zero attached hydrogens (tertiary/aromatic N) is 4. The maximum absolute atomic E-state index is 11.2. The molecule has 0 aliphatic carbocycles. The molecular weight excluding hydrogens is 276 g/mol. The van der Waals surface area contributed by atoms with E-state index in [9.17, 15) is 14.9 Å². The van der Waals surface area contributed by atoms with Crippen molar-refractivity contribution in [3.63, 3.8) is 0 Å². The van der Waals surface area contributed by atoms with Crippen LogP contribution in [0.4, 0.5) is 5.69 Å². The molecular formula is C13H8N4O4. The molecule has 0 saturated heterocycles. The monoisotopic (exact) mass is 284 g/mol. The Balaban J connectivity index is 2.22. The highest BCUT2D eigenvalue weighted by Gasteiger charge is 2.21. The minimum absolute atomic E-state index is 0.256. The first-order valence-electron chi connectivity index (χ1n) is 5.88. The summed E-state index contributed by atoms with van der Waals surface area (Å²) < 4.78 is 1.57. The molecule has 0 amide bonds. The van der Waals surface area contributed by atoms with E-state index in [1.165, 1.54) is 6.33 Å². The van der Waals surface area contributed by atoms with Crippen LogP contribution in [-0.4, -0.2) is 30.5 Å². The van der Waals surface area contributed by atoms with Crippen LogP contribution >= 0.6 is 0 Å². The summed E-state index contributed by atoms with van der Waals surface area (Å²) in [6.45, 7) is 0. The average molecular weight is 284 g/mol. The van der Waals surface area contributed by atoms with Crippen LogP contribution < -0.4 is 0 Å². The number of benzene rings is 1. The number of fused-ring (bicyclic) bond motifs is 1. The molecule has 0 fully saturated rings. The minimum atomic E-state index is -1.38. The molecule has 0 radical (unpaired) electrons. The van der Waals surface area contributed by atoms with Gasteiger partial charge in [-0.05, 0) is 12.1 Å². The van der Waals surface area contributed by atoms with Crippen LogP contribution in [0.3, 0.4) is 0 Å². The molecule has 3 aromatic rings. The molecule has 8 nitrogen and oxygen atoms in total. The van der Waals surface area contributed by atoms with E-state index < -0.39 is 22.1 Å². The molecule has 1 aromatic carbocycles. The highest BCUT2D eigenvalue weighted by atomic mass is 16.6. The first kappa shape index (κ1) is 12.7. The Morgan fingerprint density at radius 2 is 2.05 bits per heavy atom. The Hall–Kier alpha value is -3.29. The van der Waals surface area contributed by atoms with Gasteiger partial charge in [0.05, 0.1) is 16.0 Å². The van der Waals surface area contributed by atoms with Gasteiger partial charge in [0.15, 0.2) is 0 Å². The van der Waals surface area contributed by atoms with Crippen molar-refractivity contribution in [2.24, 2.45) is 0 Å². The van der Waals surface area contributed by atoms with E-state index in [-0.39, 0.29) is 5.82 Å². The number of rotatable bonds is 3. The first-order chi connectivity index (χ1) is 10.1. The summed E-state index contributed by atoms with van der Waals surface area (Å²) in [4.78, 5) is 29.3. The van der Waals surface area contributed by atoms with Gasteiger partial charge in [0.2, 0.25) is 0 Å². The Kier molecular flexibility index (Phi) is 2.83. The molecule has 1 N–H and O–H groups in total. The van der Waals surface area contributed by atoms with Crippen molar-refractivity contribution in [1.29, 1.82) is 0 Å². The average Bonchev–Trinajstić information content (AvgIpc) is 2.90. The highest BCUT2D eigenvalue weighted by Crippen LogP contribution is 2.22. The van der Waals surface area contributed by atoms with Gasteiger partial charge in [0.25, 0.3) is 0 Å². The van der Waals surface area contributed by atoms with E-state index in [0.29, 0.717) is 0 Å². The number of hydrogen-bond acceptors (Lipinski definition) is 5. The number of imidazole rings is 1. The van der Waals surface area contributed by atoms with Crippen LogP contribution in [-0.2, 0) is 0 Å². The fraction of sp³-hybridized carbons (Fsp3) is 0. The molecule has 104 valence electrons. The molecule has 0 atom stereocenters. The summed E-state index contributed by atoms with van der Waals surface area (Å²) in [6.07, 6.45) is 2.43. The van der Waals surface area contributed by atoms with Crippen molar-refractivity contribution in [2.45, 2.75) is 0 Å². The summed E-state index contributed by atoms with van der Waals surface area (Å²) in [5, 5.41) is 19.9. The molecule has 0 spiro atoms. The summed E-state index contributed by atoms with van der Waals surface area (Å²) in [7, 11) is 0. The Bertz CT molecular complexity index is 871. The predicted molar refractivity (Wildman–Crippen MR) is 72.5 cm³/mol. The van der Waals surface area contributed by atoms with Gasteiger partial charge in [0, 0.05) is 6.07 Å². The number of carboxylic acid groups (broad SMARTS) is 1. The fourth-order valence-electron chi connectivity index (χ4n) is 2.03. The summed E-state index contributed by atoms with van der Waals surface area (Å²) >= 11 is 0. The topological polar surface area (TPSA) is 111 Å². The Morgan fingerprint density at radius 1 is 1.29 bits per heavy atom. The summed E-state index contributed by atoms with van der Waals surface area (Å²) in [5.41, 5.74) is 0.489. The third kappa shape index (κ3) is 2.08. The quantitative estimate of drug-likeness (QED) is 0.581. The van der Waals surface area contributed by atoms with Gasteiger partial charge in [-0.25, -0.2) is 14.8 Å². The molecule has 8 heteroatoms. The van der Waals surface area contributed by atoms with E-state index >= 15 is 0 Å². The lowest BCUT2D eigenvalue weighted by Crippen LogP contribution is -2.06. The second-order valence-corrected chi connectivity index (χ2v) is 4.23. The third-order valence-electron chi connectivity index (χ3n) is 3.00. The number of nitro groups is 1. The minimum Gasteiger partial charge on any atom is -0.477 e. The number of carbonyl (C=O) groups is 1. The van der Waals surface area contributed by atoms with Crippen molar-refractivity contribution < 1.29 is 14.8 Å². The van der Waals surface area contributed by atoms with Gasteiger partial charge in [-0.2, -0.15) is 0 Å². The second-order valence-electron chi connectivity index (χ2n) is 4.23. The van der Waals surface area contributed by atoms with Gasteiger partial charge < -0.3 is 5.11 Å². The molecule has 2 aromatic heterocycles. The van der Waals surface area contributed by atoms with Crippen LogP contribution in [0.1, 0.15) is 10.4 Å². The Labute approximate surface area is 117 Å². The maximum atomic E-state index is 11.2. The number of para-hydroxylation sites is 2. The van der Waals surface area contributed by atoms with Crippen LogP contribution in [0.25, 0.3) is 16.9 Å². The van der Waals surface area contributed by atoms with Gasteiger partial charge in [0.1, 0.15) is 23.9 Å². The molecule has 3 rings (SSSR count). The van der Waals surface area contributed by atoms with Crippen molar-refractivity contribution in [3.05, 3.63) is 58.5 Å². The van der Waals surface area contributed by atoms with Gasteiger partial charge in [-0.15, -0.1) is 0 Å². The van der Waals surface area contributed by atoms with Crippen molar-refractivity contribution >= 4 is 22.7 Å². The highest BCUT2D eigenvalue weighted by molar-refractivity contribution is 5.92. The van der Waals surface area contributed by atoms with Crippen LogP contribution in [0.2, 0.25) is 0 Å². The lowest BCUT2D eigenvalue weighted by Gasteiger charge is -2.04. The van der Waals surface area contributed by atoms with Gasteiger partial charge in [-0.3, -0.25) is 14.7 Å². The van der Waals surface area contributed by atoms with E-state index in [2.05, 4.69) is 9.97 Å². The zero-order valence-corrected chi connectivity index (χ0v) is 10.5. The van der Waals surface area contributed by atoms with Crippen molar-refractivity contribution in [1.82, 2.24) is 14.5 Å². The second kappa shape index (κ2) is 4.67. The van der Waals surface area contributed by atoms with Crippen LogP contribution in [0.5, 0.6) is 0 Å². The zero-order chi connectivity index (χ0) is 15.0. The predicted octanol–water partition coefficient (Wildman–Crippen LogP) is 2.03. The molecule has 21 heavy (non-hydrogen) atoms. The van der Waals surface area contributed by atoms with Gasteiger partial charge in [-0.1, -0.05) is 12.1 Å². The van der Waals surface area contributed by atoms with Crippen LogP contribution in [0, 0.1) is 10.1 Å². The largest absolute Gasteiger partial charge is 0.477 e. The molecule has 0 bridgehead atoms. The van der Waals surface area contributed by atoms with E-state index in [0.717, 1.165) is 23.3 Å². The molecule has 0 aliphatic heterocycles. The van der Waals surface area contributed by atoms with E-state index in [1.807, 2.05) is 12.1 Å². The van der Waals surface area contributed by atoms with E-state index in [1.54, 1.807) is 16.7 Å². The number of aromatic nitrogens is 3. The normalized spacial score (nSPS) is 10.7. The number of pyridine rings is 1. The molecule has 0 saturated carbocycles. The lowest BCUT2D eigenvalue weighted by atomic mass is 10.2. The van der Waals surface area contributed by atoms with Crippen LogP contribution in [0.15, 0.2) is 42.9 Å². The number of hydrogen-bond donors (Lipinski definition) is 1. The smallest absolute Gasteiger partial charge is 0.342 e. The maximum Gasteiger partial charge on any atom is 0.342 e. The van der Waals surface area contributed by atoms with Gasteiger partial charge >= 0.3 is 11.7 Å². The first-order valence-corrected chi connectivity index (χ1v) is 5.88. The summed E-state index contributed by atoms with van der Waals surface area (Å²) in [6, 6.07) is 8.39. The number of aromatic carboxylic acids is 1. The van der Waals surface area contributed by atoms with Crippen molar-refractivity contribution in [3.8, 4) is 5.82 Å². The Morgan fingerprint density at radius 3 is 2.76 bits per heavy atom. The summed E-state index contributed by atoms with van der Waals surface area (Å²) in [5.74, 6) is -1.12.